The van der Waals surface area contributed by atoms with E-state index in [1.807, 2.05) is 0 Å². The van der Waals surface area contributed by atoms with E-state index in [1.165, 1.54) is 13.2 Å². The summed E-state index contributed by atoms with van der Waals surface area (Å²) in [7, 11) is 1.51. The molecule has 0 fully saturated rings. The summed E-state index contributed by atoms with van der Waals surface area (Å²) < 4.78 is 4.84. The van der Waals surface area contributed by atoms with Gasteiger partial charge >= 0.3 is 0 Å². The highest BCUT2D eigenvalue weighted by Gasteiger charge is 2.15. The van der Waals surface area contributed by atoms with E-state index in [9.17, 15) is 15.2 Å². The molecule has 0 unspecified atom stereocenters. The van der Waals surface area contributed by atoms with Gasteiger partial charge in [0.2, 0.25) is 0 Å². The third kappa shape index (κ3) is 3.01. The summed E-state index contributed by atoms with van der Waals surface area (Å²) in [5, 5.41) is 24.1. The van der Waals surface area contributed by atoms with Gasteiger partial charge < -0.3 is 15.2 Å². The Bertz CT molecular complexity index is 618. The molecule has 0 saturated carbocycles. The molecule has 0 saturated heterocycles. The summed E-state index contributed by atoms with van der Waals surface area (Å²) in [6, 6.07) is 6.32. The second-order valence-corrected chi connectivity index (χ2v) is 4.28. The van der Waals surface area contributed by atoms with Crippen molar-refractivity contribution in [1.29, 1.82) is 0 Å². The van der Waals surface area contributed by atoms with E-state index < -0.39 is 11.0 Å². The van der Waals surface area contributed by atoms with Crippen molar-refractivity contribution in [1.82, 2.24) is 4.98 Å². The molecule has 0 aliphatic rings. The number of aromatic nitrogens is 1. The summed E-state index contributed by atoms with van der Waals surface area (Å²) in [5.41, 5.74) is 1.16. The van der Waals surface area contributed by atoms with Crippen LogP contribution in [-0.4, -0.2) is 41.4 Å². The van der Waals surface area contributed by atoms with Gasteiger partial charge in [0, 0.05) is 25.9 Å². The Labute approximate surface area is 115 Å². The molecule has 2 rings (SSSR count). The number of aliphatic hydroxyl groups is 1. The van der Waals surface area contributed by atoms with E-state index in [0.717, 1.165) is 0 Å². The number of nitrogens with zero attached hydrogens (tertiary/aromatic N) is 2. The summed E-state index contributed by atoms with van der Waals surface area (Å²) in [5.74, 6) is 0. The van der Waals surface area contributed by atoms with Crippen LogP contribution in [0.5, 0.6) is 0 Å². The van der Waals surface area contributed by atoms with Gasteiger partial charge in [0.1, 0.15) is 5.52 Å². The van der Waals surface area contributed by atoms with E-state index >= 15 is 0 Å². The number of hydrogen-bond acceptors (Lipinski definition) is 6. The average molecular weight is 277 g/mol. The Hall–Kier alpha value is -2.25. The zero-order valence-electron chi connectivity index (χ0n) is 10.9. The van der Waals surface area contributed by atoms with Crippen molar-refractivity contribution in [2.45, 2.75) is 6.10 Å². The Kier molecular flexibility index (Phi) is 4.44. The molecule has 106 valence electrons. The lowest BCUT2D eigenvalue weighted by Crippen LogP contribution is -2.24. The Morgan fingerprint density at radius 1 is 1.50 bits per heavy atom. The van der Waals surface area contributed by atoms with Crippen LogP contribution in [0.15, 0.2) is 30.5 Å². The standard InChI is InChI=1S/C13H15N3O4/c1-20-8-9(17)7-15-11-4-5-12(16(18)19)10-3-2-6-14-13(10)11/h2-6,9,15,17H,7-8H2,1H3/t9-/m1/s1. The number of nitrogens with one attached hydrogen (secondary N) is 1. The van der Waals surface area contributed by atoms with Gasteiger partial charge in [-0.3, -0.25) is 15.1 Å². The molecule has 7 nitrogen and oxygen atoms in total. The fourth-order valence-corrected chi connectivity index (χ4v) is 1.94. The number of methoxy groups -OCH3 is 1. The van der Waals surface area contributed by atoms with Crippen LogP contribution < -0.4 is 5.32 Å². The highest BCUT2D eigenvalue weighted by Crippen LogP contribution is 2.29. The quantitative estimate of drug-likeness (QED) is 0.614. The number of non-ortho nitro benzene ring substituents is 1. The van der Waals surface area contributed by atoms with Crippen molar-refractivity contribution in [2.24, 2.45) is 0 Å². The number of fused-ring (bicyclic) bond motifs is 1. The number of aliphatic hydroxyl groups excluding tert-OH is 1. The molecule has 1 aromatic heterocycles. The minimum Gasteiger partial charge on any atom is -0.389 e. The molecular formula is C13H15N3O4. The van der Waals surface area contributed by atoms with Crippen LogP contribution in [0.1, 0.15) is 0 Å². The Morgan fingerprint density at radius 3 is 3.00 bits per heavy atom. The van der Waals surface area contributed by atoms with E-state index in [4.69, 9.17) is 4.74 Å². The first-order valence-electron chi connectivity index (χ1n) is 6.06. The Morgan fingerprint density at radius 2 is 2.30 bits per heavy atom. The minimum absolute atomic E-state index is 0.0103. The number of ether oxygens (including phenoxy) is 1. The smallest absolute Gasteiger partial charge is 0.278 e. The Balaban J connectivity index is 2.31. The van der Waals surface area contributed by atoms with Crippen LogP contribution in [0.4, 0.5) is 11.4 Å². The maximum Gasteiger partial charge on any atom is 0.278 e. The van der Waals surface area contributed by atoms with Crippen LogP contribution >= 0.6 is 0 Å². The normalized spacial score (nSPS) is 12.3. The van der Waals surface area contributed by atoms with Gasteiger partial charge in [-0.15, -0.1) is 0 Å². The fourth-order valence-electron chi connectivity index (χ4n) is 1.94. The summed E-state index contributed by atoms with van der Waals surface area (Å²) in [6.07, 6.45) is 0.914. The number of hydrogen-bond donors (Lipinski definition) is 2. The van der Waals surface area contributed by atoms with Gasteiger partial charge in [-0.1, -0.05) is 0 Å². The minimum atomic E-state index is -0.658. The van der Waals surface area contributed by atoms with Gasteiger partial charge in [-0.25, -0.2) is 0 Å². The molecule has 1 atom stereocenters. The van der Waals surface area contributed by atoms with Crippen LogP contribution in [-0.2, 0) is 4.74 Å². The van der Waals surface area contributed by atoms with Crippen LogP contribution in [0, 0.1) is 10.1 Å². The van der Waals surface area contributed by atoms with Crippen molar-refractivity contribution < 1.29 is 14.8 Å². The highest BCUT2D eigenvalue weighted by atomic mass is 16.6. The lowest BCUT2D eigenvalue weighted by Gasteiger charge is -2.13. The van der Waals surface area contributed by atoms with E-state index in [0.29, 0.717) is 16.6 Å². The topological polar surface area (TPSA) is 97.5 Å². The monoisotopic (exact) mass is 277 g/mol. The van der Waals surface area contributed by atoms with Gasteiger partial charge in [0.15, 0.2) is 0 Å². The summed E-state index contributed by atoms with van der Waals surface area (Å²) >= 11 is 0. The number of pyridine rings is 1. The van der Waals surface area contributed by atoms with Crippen molar-refractivity contribution in [3.05, 3.63) is 40.6 Å². The molecule has 0 amide bonds. The SMILES string of the molecule is COC[C@H](O)CNc1ccc([N+](=O)[O-])c2cccnc12. The highest BCUT2D eigenvalue weighted by molar-refractivity contribution is 5.96. The van der Waals surface area contributed by atoms with Gasteiger partial charge in [0.25, 0.3) is 5.69 Å². The van der Waals surface area contributed by atoms with Crippen molar-refractivity contribution >= 4 is 22.3 Å². The molecular weight excluding hydrogens is 262 g/mol. The molecule has 0 aliphatic heterocycles. The number of anilines is 1. The van der Waals surface area contributed by atoms with Gasteiger partial charge in [-0.2, -0.15) is 0 Å². The molecule has 1 aromatic carbocycles. The molecule has 0 radical (unpaired) electrons. The molecule has 2 N–H and O–H groups in total. The molecule has 20 heavy (non-hydrogen) atoms. The predicted octanol–water partition coefficient (Wildman–Crippen LogP) is 1.56. The second-order valence-electron chi connectivity index (χ2n) is 4.28. The van der Waals surface area contributed by atoms with Gasteiger partial charge in [0.05, 0.1) is 28.7 Å². The summed E-state index contributed by atoms with van der Waals surface area (Å²) in [4.78, 5) is 14.7. The lowest BCUT2D eigenvalue weighted by atomic mass is 10.1. The zero-order valence-corrected chi connectivity index (χ0v) is 10.9. The van der Waals surface area contributed by atoms with Crippen molar-refractivity contribution in [3.8, 4) is 0 Å². The lowest BCUT2D eigenvalue weighted by molar-refractivity contribution is -0.383. The van der Waals surface area contributed by atoms with E-state index in [1.54, 1.807) is 24.4 Å². The van der Waals surface area contributed by atoms with E-state index in [2.05, 4.69) is 10.3 Å². The maximum absolute atomic E-state index is 11.0. The molecule has 0 bridgehead atoms. The molecule has 1 heterocycles. The third-order valence-corrected chi connectivity index (χ3v) is 2.83. The molecule has 0 spiro atoms. The van der Waals surface area contributed by atoms with Crippen LogP contribution in [0.3, 0.4) is 0 Å². The fraction of sp³-hybridized carbons (Fsp3) is 0.308. The molecule has 0 aliphatic carbocycles. The maximum atomic E-state index is 11.0. The first-order chi connectivity index (χ1) is 9.63. The first kappa shape index (κ1) is 14.2. The molecule has 7 heteroatoms. The first-order valence-corrected chi connectivity index (χ1v) is 6.06. The number of rotatable bonds is 6. The summed E-state index contributed by atoms with van der Waals surface area (Å²) in [6.45, 7) is 0.489. The second kappa shape index (κ2) is 6.27. The van der Waals surface area contributed by atoms with E-state index in [-0.39, 0.29) is 18.8 Å². The van der Waals surface area contributed by atoms with Crippen molar-refractivity contribution in [2.75, 3.05) is 25.6 Å². The third-order valence-electron chi connectivity index (χ3n) is 2.83. The van der Waals surface area contributed by atoms with Crippen LogP contribution in [0.25, 0.3) is 10.9 Å². The van der Waals surface area contributed by atoms with Crippen LogP contribution in [0.2, 0.25) is 0 Å². The zero-order chi connectivity index (χ0) is 14.5. The number of nitro groups is 1. The number of nitro benzene ring substituents is 1. The average Bonchev–Trinajstić information content (AvgIpc) is 2.44. The van der Waals surface area contributed by atoms with Gasteiger partial charge in [-0.05, 0) is 18.2 Å². The number of benzene rings is 1. The largest absolute Gasteiger partial charge is 0.389 e. The predicted molar refractivity (Wildman–Crippen MR) is 74.8 cm³/mol. The molecule has 2 aromatic rings. The van der Waals surface area contributed by atoms with Crippen molar-refractivity contribution in [3.63, 3.8) is 0 Å².